The van der Waals surface area contributed by atoms with Crippen LogP contribution in [0.1, 0.15) is 69.2 Å². The Kier molecular flexibility index (Phi) is 9.86. The van der Waals surface area contributed by atoms with Crippen LogP contribution in [-0.4, -0.2) is 65.1 Å². The molecule has 3 aromatic rings. The van der Waals surface area contributed by atoms with Crippen molar-refractivity contribution in [1.82, 2.24) is 29.8 Å². The molecule has 0 unspecified atom stereocenters. The Hall–Kier alpha value is -3.55. The first-order chi connectivity index (χ1) is 21.0. The molecule has 2 aliphatic rings. The minimum absolute atomic E-state index is 0.0474. The van der Waals surface area contributed by atoms with Crippen LogP contribution >= 0.6 is 11.6 Å². The number of ketones is 1. The van der Waals surface area contributed by atoms with Crippen molar-refractivity contribution >= 4 is 39.1 Å². The Bertz CT molecular complexity index is 1600. The first-order valence-corrected chi connectivity index (χ1v) is 16.8. The lowest BCUT2D eigenvalue weighted by Gasteiger charge is -2.17. The number of ether oxygens (including phenoxy) is 1. The number of nitrogens with one attached hydrogen (secondary N) is 3. The van der Waals surface area contributed by atoms with E-state index in [4.69, 9.17) is 16.3 Å². The van der Waals surface area contributed by atoms with Gasteiger partial charge in [-0.1, -0.05) is 30.5 Å². The van der Waals surface area contributed by atoms with E-state index in [2.05, 4.69) is 39.5 Å². The van der Waals surface area contributed by atoms with Crippen molar-refractivity contribution in [2.45, 2.75) is 69.4 Å². The zero-order valence-corrected chi connectivity index (χ0v) is 26.5. The van der Waals surface area contributed by atoms with Gasteiger partial charge in [0, 0.05) is 30.3 Å². The number of anilines is 1. The number of sulfonamides is 1. The summed E-state index contributed by atoms with van der Waals surface area (Å²) in [6, 6.07) is 8.98. The Morgan fingerprint density at radius 3 is 2.66 bits per heavy atom. The highest BCUT2D eigenvalue weighted by Gasteiger charge is 2.29. The number of amides is 1. The minimum atomic E-state index is -4.29. The molecule has 0 radical (unpaired) electrons. The van der Waals surface area contributed by atoms with Crippen molar-refractivity contribution < 1.29 is 22.7 Å². The van der Waals surface area contributed by atoms with Crippen LogP contribution in [0.5, 0.6) is 5.88 Å². The highest BCUT2D eigenvalue weighted by molar-refractivity contribution is 7.90. The van der Waals surface area contributed by atoms with Crippen molar-refractivity contribution in [3.8, 4) is 11.7 Å². The first-order valence-electron chi connectivity index (χ1n) is 14.9. The number of rotatable bonds is 13. The SMILES string of the molecule is CC1(C)C[C@H](CCCNc2cccc(S(=O)(=O)NC(=O)c3ccc(-n4ccc(OCC(=O)C5CCCC5)n4)nc3Cl)n2)CN1. The third-order valence-corrected chi connectivity index (χ3v) is 9.56. The van der Waals surface area contributed by atoms with Crippen molar-refractivity contribution in [2.24, 2.45) is 11.8 Å². The Balaban J connectivity index is 1.15. The molecular weight excluding hydrogens is 606 g/mol. The van der Waals surface area contributed by atoms with Crippen molar-refractivity contribution in [3.05, 3.63) is 53.3 Å². The van der Waals surface area contributed by atoms with Gasteiger partial charge >= 0.3 is 0 Å². The summed E-state index contributed by atoms with van der Waals surface area (Å²) >= 11 is 6.28. The highest BCUT2D eigenvalue weighted by atomic mass is 35.5. The summed E-state index contributed by atoms with van der Waals surface area (Å²) in [5, 5.41) is 10.4. The van der Waals surface area contributed by atoms with Gasteiger partial charge in [0.05, 0.1) is 5.56 Å². The summed E-state index contributed by atoms with van der Waals surface area (Å²) in [4.78, 5) is 33.6. The van der Waals surface area contributed by atoms with Gasteiger partial charge in [-0.2, -0.15) is 8.42 Å². The molecule has 0 aromatic carbocycles. The lowest BCUT2D eigenvalue weighted by Crippen LogP contribution is -2.31. The van der Waals surface area contributed by atoms with E-state index in [1.807, 2.05) is 4.72 Å². The van der Waals surface area contributed by atoms with Crippen LogP contribution < -0.4 is 20.1 Å². The van der Waals surface area contributed by atoms with E-state index in [-0.39, 0.29) is 51.3 Å². The van der Waals surface area contributed by atoms with Crippen LogP contribution in [0.2, 0.25) is 5.15 Å². The quantitative estimate of drug-likeness (QED) is 0.183. The van der Waals surface area contributed by atoms with Crippen LogP contribution in [0.25, 0.3) is 5.82 Å². The molecule has 44 heavy (non-hydrogen) atoms. The lowest BCUT2D eigenvalue weighted by atomic mass is 9.94. The summed E-state index contributed by atoms with van der Waals surface area (Å²) in [5.74, 6) is 0.724. The van der Waals surface area contributed by atoms with Gasteiger partial charge in [0.25, 0.3) is 15.9 Å². The van der Waals surface area contributed by atoms with E-state index in [0.29, 0.717) is 18.3 Å². The van der Waals surface area contributed by atoms with E-state index >= 15 is 0 Å². The second-order valence-electron chi connectivity index (χ2n) is 12.0. The first kappa shape index (κ1) is 31.9. The molecule has 2 fully saturated rings. The summed E-state index contributed by atoms with van der Waals surface area (Å²) in [6.07, 6.45) is 8.62. The summed E-state index contributed by atoms with van der Waals surface area (Å²) in [6.45, 7) is 6.01. The number of carbonyl (C=O) groups is 2. The van der Waals surface area contributed by atoms with E-state index in [1.165, 1.54) is 22.9 Å². The lowest BCUT2D eigenvalue weighted by molar-refractivity contribution is -0.124. The molecule has 3 N–H and O–H groups in total. The summed E-state index contributed by atoms with van der Waals surface area (Å²) in [5.41, 5.74) is 0.0366. The second kappa shape index (κ2) is 13.6. The maximum atomic E-state index is 13.0. The smallest absolute Gasteiger partial charge is 0.281 e. The van der Waals surface area contributed by atoms with E-state index in [9.17, 15) is 18.0 Å². The topological polar surface area (TPSA) is 157 Å². The van der Waals surface area contributed by atoms with Gasteiger partial charge in [0.1, 0.15) is 17.6 Å². The number of aromatic nitrogens is 4. The number of Topliss-reactive ketones (excluding diaryl/α,β-unsaturated/α-hetero) is 1. The number of nitrogens with zero attached hydrogens (tertiary/aromatic N) is 4. The van der Waals surface area contributed by atoms with Gasteiger partial charge in [-0.25, -0.2) is 19.4 Å². The third-order valence-electron chi connectivity index (χ3n) is 8.04. The highest BCUT2D eigenvalue weighted by Crippen LogP contribution is 2.27. The molecule has 3 aromatic heterocycles. The zero-order chi connectivity index (χ0) is 31.3. The molecule has 4 heterocycles. The van der Waals surface area contributed by atoms with Gasteiger partial charge in [-0.05, 0) is 82.7 Å². The van der Waals surface area contributed by atoms with Gasteiger partial charge in [-0.3, -0.25) is 9.59 Å². The molecular formula is C30H38ClN7O5S. The zero-order valence-electron chi connectivity index (χ0n) is 24.9. The standard InChI is InChI=1S/C30H38ClN7O5S/c1-30(2)17-20(18-33-30)7-6-15-32-24-10-5-11-27(34-24)44(41,42)37-29(40)22-12-13-25(35-28(22)31)38-16-14-26(36-38)43-19-23(39)21-8-3-4-9-21/h5,10-14,16,20-21,33H,3-4,6-9,15,17-19H2,1-2H3,(H,32,34)(H,37,40)/t20-/m0/s1. The molecule has 14 heteroatoms. The number of hydrogen-bond acceptors (Lipinski definition) is 10. The predicted molar refractivity (Wildman–Crippen MR) is 166 cm³/mol. The van der Waals surface area contributed by atoms with Gasteiger partial charge < -0.3 is 15.4 Å². The largest absolute Gasteiger partial charge is 0.469 e. The van der Waals surface area contributed by atoms with Crippen molar-refractivity contribution in [1.29, 1.82) is 0 Å². The molecule has 1 amide bonds. The minimum Gasteiger partial charge on any atom is -0.469 e. The third kappa shape index (κ3) is 8.13. The van der Waals surface area contributed by atoms with Gasteiger partial charge in [0.2, 0.25) is 5.88 Å². The van der Waals surface area contributed by atoms with Gasteiger partial charge in [-0.15, -0.1) is 5.10 Å². The van der Waals surface area contributed by atoms with Crippen molar-refractivity contribution in [3.63, 3.8) is 0 Å². The number of halogens is 1. The predicted octanol–water partition coefficient (Wildman–Crippen LogP) is 4.15. The Morgan fingerprint density at radius 1 is 1.14 bits per heavy atom. The molecule has 1 saturated carbocycles. The van der Waals surface area contributed by atoms with E-state index in [0.717, 1.165) is 51.5 Å². The molecule has 236 valence electrons. The van der Waals surface area contributed by atoms with E-state index in [1.54, 1.807) is 24.4 Å². The van der Waals surface area contributed by atoms with E-state index < -0.39 is 15.9 Å². The van der Waals surface area contributed by atoms with Crippen LogP contribution in [0, 0.1) is 11.8 Å². The normalized spacial score (nSPS) is 18.3. The average Bonchev–Trinajstić information content (AvgIpc) is 3.76. The molecule has 0 bridgehead atoms. The fourth-order valence-corrected chi connectivity index (χ4v) is 6.90. The van der Waals surface area contributed by atoms with Crippen molar-refractivity contribution in [2.75, 3.05) is 25.0 Å². The molecule has 0 spiro atoms. The fraction of sp³-hybridized carbons (Fsp3) is 0.500. The molecule has 1 aliphatic carbocycles. The Morgan fingerprint density at radius 2 is 1.93 bits per heavy atom. The maximum absolute atomic E-state index is 13.0. The monoisotopic (exact) mass is 643 g/mol. The summed E-state index contributed by atoms with van der Waals surface area (Å²) < 4.78 is 34.9. The van der Waals surface area contributed by atoms with Crippen LogP contribution in [0.3, 0.4) is 0 Å². The second-order valence-corrected chi connectivity index (χ2v) is 14.0. The molecule has 1 saturated heterocycles. The average molecular weight is 644 g/mol. The van der Waals surface area contributed by atoms with Crippen LogP contribution in [-0.2, 0) is 14.8 Å². The molecule has 1 aliphatic heterocycles. The Labute approximate surface area is 262 Å². The maximum Gasteiger partial charge on any atom is 0.281 e. The fourth-order valence-electron chi connectivity index (χ4n) is 5.73. The number of hydrogen-bond donors (Lipinski definition) is 3. The number of pyridine rings is 2. The van der Waals surface area contributed by atoms with Crippen LogP contribution in [0.15, 0.2) is 47.6 Å². The van der Waals surface area contributed by atoms with Crippen LogP contribution in [0.4, 0.5) is 5.82 Å². The summed E-state index contributed by atoms with van der Waals surface area (Å²) in [7, 11) is -4.29. The molecule has 12 nitrogen and oxygen atoms in total. The molecule has 5 rings (SSSR count). The molecule has 1 atom stereocenters. The number of carbonyl (C=O) groups excluding carboxylic acids is 2. The van der Waals surface area contributed by atoms with Gasteiger partial charge in [0.15, 0.2) is 16.6 Å².